The molecule has 1 heterocycles. The molecule has 0 bridgehead atoms. The van der Waals surface area contributed by atoms with Crippen LogP contribution in [-0.2, 0) is 4.74 Å². The summed E-state index contributed by atoms with van der Waals surface area (Å²) in [6.45, 7) is 0. The van der Waals surface area contributed by atoms with Crippen LogP contribution in [0.4, 0.5) is 11.4 Å². The first-order valence-corrected chi connectivity index (χ1v) is 7.07. The van der Waals surface area contributed by atoms with Gasteiger partial charge in [-0.15, -0.1) is 0 Å². The Labute approximate surface area is 111 Å². The Morgan fingerprint density at radius 3 is 2.94 bits per heavy atom. The van der Waals surface area contributed by atoms with Crippen molar-refractivity contribution in [3.05, 3.63) is 23.8 Å². The lowest BCUT2D eigenvalue weighted by molar-refractivity contribution is 0.0602. The van der Waals surface area contributed by atoms with Crippen molar-refractivity contribution in [2.75, 3.05) is 36.3 Å². The van der Waals surface area contributed by atoms with Crippen molar-refractivity contribution in [2.24, 2.45) is 0 Å². The number of nitrogen functional groups attached to an aromatic ring is 1. The molecule has 1 aromatic carbocycles. The summed E-state index contributed by atoms with van der Waals surface area (Å²) < 4.78 is 4.74. The van der Waals surface area contributed by atoms with E-state index in [0.29, 0.717) is 17.3 Å². The third-order valence-electron chi connectivity index (χ3n) is 3.30. The molecule has 0 aromatic heterocycles. The molecule has 1 aliphatic heterocycles. The van der Waals surface area contributed by atoms with Crippen molar-refractivity contribution < 1.29 is 9.53 Å². The van der Waals surface area contributed by atoms with Crippen molar-refractivity contribution in [1.82, 2.24) is 0 Å². The molecule has 1 aliphatic rings. The summed E-state index contributed by atoms with van der Waals surface area (Å²) in [6, 6.07) is 6.05. The monoisotopic (exact) mass is 266 g/mol. The fourth-order valence-electron chi connectivity index (χ4n) is 2.09. The molecular formula is C13H18N2O2S. The Balaban J connectivity index is 2.25. The van der Waals surface area contributed by atoms with Crippen LogP contribution in [0.1, 0.15) is 16.8 Å². The SMILES string of the molecule is COC(=O)c1cc(N(C)C2CCSC2)ccc1N. The molecule has 1 aromatic rings. The number of ether oxygens (including phenoxy) is 1. The lowest BCUT2D eigenvalue weighted by Crippen LogP contribution is -2.31. The highest BCUT2D eigenvalue weighted by molar-refractivity contribution is 7.99. The number of thioether (sulfide) groups is 1. The minimum Gasteiger partial charge on any atom is -0.465 e. The number of carbonyl (C=O) groups excluding carboxylic acids is 1. The first-order valence-electron chi connectivity index (χ1n) is 5.92. The molecule has 1 atom stereocenters. The van der Waals surface area contributed by atoms with Crippen molar-refractivity contribution in [1.29, 1.82) is 0 Å². The largest absolute Gasteiger partial charge is 0.465 e. The minimum atomic E-state index is -0.386. The van der Waals surface area contributed by atoms with Gasteiger partial charge in [-0.3, -0.25) is 0 Å². The van der Waals surface area contributed by atoms with Gasteiger partial charge < -0.3 is 15.4 Å². The molecule has 0 amide bonds. The number of anilines is 2. The van der Waals surface area contributed by atoms with Crippen LogP contribution in [0.2, 0.25) is 0 Å². The standard InChI is InChI=1S/C13H18N2O2S/c1-15(10-5-6-18-8-10)9-3-4-12(14)11(7-9)13(16)17-2/h3-4,7,10H,5-6,8,14H2,1-2H3. The van der Waals surface area contributed by atoms with Gasteiger partial charge in [0.1, 0.15) is 0 Å². The van der Waals surface area contributed by atoms with E-state index < -0.39 is 0 Å². The third kappa shape index (κ3) is 2.56. The lowest BCUT2D eigenvalue weighted by Gasteiger charge is -2.26. The van der Waals surface area contributed by atoms with Gasteiger partial charge in [0.25, 0.3) is 0 Å². The Kier molecular flexibility index (Phi) is 4.01. The number of esters is 1. The van der Waals surface area contributed by atoms with Gasteiger partial charge in [-0.25, -0.2) is 4.79 Å². The number of benzene rings is 1. The van der Waals surface area contributed by atoms with E-state index in [2.05, 4.69) is 11.9 Å². The quantitative estimate of drug-likeness (QED) is 0.670. The molecule has 2 N–H and O–H groups in total. The molecule has 0 saturated carbocycles. The Morgan fingerprint density at radius 2 is 2.33 bits per heavy atom. The lowest BCUT2D eigenvalue weighted by atomic mass is 10.1. The summed E-state index contributed by atoms with van der Waals surface area (Å²) >= 11 is 1.97. The molecule has 98 valence electrons. The fraction of sp³-hybridized carbons (Fsp3) is 0.462. The van der Waals surface area contributed by atoms with Gasteiger partial charge in [0, 0.05) is 30.2 Å². The predicted molar refractivity (Wildman–Crippen MR) is 76.3 cm³/mol. The van der Waals surface area contributed by atoms with Gasteiger partial charge in [0.2, 0.25) is 0 Å². The van der Waals surface area contributed by atoms with E-state index in [1.165, 1.54) is 19.3 Å². The van der Waals surface area contributed by atoms with Gasteiger partial charge in [0.15, 0.2) is 0 Å². The van der Waals surface area contributed by atoms with E-state index >= 15 is 0 Å². The zero-order valence-electron chi connectivity index (χ0n) is 10.7. The summed E-state index contributed by atoms with van der Waals surface area (Å²) in [5.41, 5.74) is 7.70. The molecule has 0 aliphatic carbocycles. The summed E-state index contributed by atoms with van der Waals surface area (Å²) in [6.07, 6.45) is 1.18. The number of rotatable bonds is 3. The van der Waals surface area contributed by atoms with E-state index in [-0.39, 0.29) is 5.97 Å². The Hall–Kier alpha value is -1.36. The van der Waals surface area contributed by atoms with Crippen LogP contribution in [-0.4, -0.2) is 37.7 Å². The topological polar surface area (TPSA) is 55.6 Å². The second-order valence-electron chi connectivity index (χ2n) is 4.39. The van der Waals surface area contributed by atoms with Gasteiger partial charge in [0.05, 0.1) is 12.7 Å². The smallest absolute Gasteiger partial charge is 0.340 e. The summed E-state index contributed by atoms with van der Waals surface area (Å²) in [5, 5.41) is 0. The Bertz CT molecular complexity index is 445. The van der Waals surface area contributed by atoms with Crippen LogP contribution in [0, 0.1) is 0 Å². The first-order chi connectivity index (χ1) is 8.63. The van der Waals surface area contributed by atoms with Crippen LogP contribution in [0.3, 0.4) is 0 Å². The Morgan fingerprint density at radius 1 is 1.56 bits per heavy atom. The molecule has 0 spiro atoms. The normalized spacial score (nSPS) is 18.7. The van der Waals surface area contributed by atoms with Crippen LogP contribution in [0.15, 0.2) is 18.2 Å². The minimum absolute atomic E-state index is 0.386. The summed E-state index contributed by atoms with van der Waals surface area (Å²) in [4.78, 5) is 13.8. The van der Waals surface area contributed by atoms with Crippen LogP contribution < -0.4 is 10.6 Å². The molecule has 2 rings (SSSR count). The molecule has 18 heavy (non-hydrogen) atoms. The maximum absolute atomic E-state index is 11.6. The maximum atomic E-state index is 11.6. The number of hydrogen-bond donors (Lipinski definition) is 1. The average Bonchev–Trinajstić information content (AvgIpc) is 2.91. The van der Waals surface area contributed by atoms with E-state index in [9.17, 15) is 4.79 Å². The maximum Gasteiger partial charge on any atom is 0.340 e. The van der Waals surface area contributed by atoms with E-state index in [1.807, 2.05) is 23.9 Å². The van der Waals surface area contributed by atoms with E-state index in [1.54, 1.807) is 6.07 Å². The number of methoxy groups -OCH3 is 1. The highest BCUT2D eigenvalue weighted by Gasteiger charge is 2.21. The first kappa shape index (κ1) is 13.1. The summed E-state index contributed by atoms with van der Waals surface area (Å²) in [7, 11) is 3.43. The van der Waals surface area contributed by atoms with Gasteiger partial charge in [-0.2, -0.15) is 11.8 Å². The van der Waals surface area contributed by atoms with Gasteiger partial charge >= 0.3 is 5.97 Å². The van der Waals surface area contributed by atoms with Gasteiger partial charge in [-0.1, -0.05) is 0 Å². The van der Waals surface area contributed by atoms with Crippen molar-refractivity contribution in [3.8, 4) is 0 Å². The molecule has 5 heteroatoms. The highest BCUT2D eigenvalue weighted by atomic mass is 32.2. The molecule has 0 radical (unpaired) electrons. The second-order valence-corrected chi connectivity index (χ2v) is 5.54. The van der Waals surface area contributed by atoms with Crippen LogP contribution in [0.25, 0.3) is 0 Å². The van der Waals surface area contributed by atoms with E-state index in [0.717, 1.165) is 11.4 Å². The van der Waals surface area contributed by atoms with Crippen molar-refractivity contribution in [3.63, 3.8) is 0 Å². The molecule has 1 fully saturated rings. The summed E-state index contributed by atoms with van der Waals surface area (Å²) in [5.74, 6) is 1.95. The molecule has 4 nitrogen and oxygen atoms in total. The fourth-order valence-corrected chi connectivity index (χ4v) is 3.36. The predicted octanol–water partition coefficient (Wildman–Crippen LogP) is 2.00. The number of hydrogen-bond acceptors (Lipinski definition) is 5. The third-order valence-corrected chi connectivity index (χ3v) is 4.45. The van der Waals surface area contributed by atoms with Crippen molar-refractivity contribution in [2.45, 2.75) is 12.5 Å². The van der Waals surface area contributed by atoms with Crippen LogP contribution in [0.5, 0.6) is 0 Å². The second kappa shape index (κ2) is 5.52. The molecule has 1 unspecified atom stereocenters. The number of nitrogens with two attached hydrogens (primary N) is 1. The zero-order chi connectivity index (χ0) is 13.1. The number of nitrogens with zero attached hydrogens (tertiary/aromatic N) is 1. The molecular weight excluding hydrogens is 248 g/mol. The molecule has 1 saturated heterocycles. The van der Waals surface area contributed by atoms with E-state index in [4.69, 9.17) is 10.5 Å². The average molecular weight is 266 g/mol. The zero-order valence-corrected chi connectivity index (χ0v) is 11.5. The highest BCUT2D eigenvalue weighted by Crippen LogP contribution is 2.28. The number of carbonyl (C=O) groups is 1. The van der Waals surface area contributed by atoms with Gasteiger partial charge in [-0.05, 0) is 30.4 Å². The van der Waals surface area contributed by atoms with Crippen molar-refractivity contribution >= 4 is 29.1 Å². The van der Waals surface area contributed by atoms with Crippen LogP contribution >= 0.6 is 11.8 Å².